The standard InChI is InChI=1S/C11H20/c1-10(2,3)6-9-7-11(8-9)4-5-11/h9H,4-8H2,1-3H3. The zero-order valence-electron chi connectivity index (χ0n) is 8.11. The van der Waals surface area contributed by atoms with Crippen LogP contribution in [-0.2, 0) is 0 Å². The summed E-state index contributed by atoms with van der Waals surface area (Å²) >= 11 is 0. The summed E-state index contributed by atoms with van der Waals surface area (Å²) in [5.41, 5.74) is 1.48. The molecule has 11 heavy (non-hydrogen) atoms. The topological polar surface area (TPSA) is 0 Å². The highest BCUT2D eigenvalue weighted by Crippen LogP contribution is 2.64. The normalized spacial score (nSPS) is 28.6. The summed E-state index contributed by atoms with van der Waals surface area (Å²) < 4.78 is 0. The van der Waals surface area contributed by atoms with Gasteiger partial charge in [0.1, 0.15) is 0 Å². The minimum atomic E-state index is 0.571. The van der Waals surface area contributed by atoms with E-state index in [1.165, 1.54) is 6.42 Å². The highest BCUT2D eigenvalue weighted by atomic mass is 14.6. The highest BCUT2D eigenvalue weighted by molar-refractivity contribution is 5.04. The van der Waals surface area contributed by atoms with Crippen LogP contribution in [0.3, 0.4) is 0 Å². The zero-order valence-corrected chi connectivity index (χ0v) is 8.11. The quantitative estimate of drug-likeness (QED) is 0.538. The maximum atomic E-state index is 2.37. The van der Waals surface area contributed by atoms with E-state index < -0.39 is 0 Å². The Labute approximate surface area is 70.4 Å². The molecule has 2 rings (SSSR count). The van der Waals surface area contributed by atoms with Crippen LogP contribution >= 0.6 is 0 Å². The van der Waals surface area contributed by atoms with E-state index in [9.17, 15) is 0 Å². The second-order valence-electron chi connectivity index (χ2n) is 6.04. The van der Waals surface area contributed by atoms with Gasteiger partial charge >= 0.3 is 0 Å². The van der Waals surface area contributed by atoms with E-state index in [1.807, 2.05) is 0 Å². The Bertz CT molecular complexity index is 149. The Morgan fingerprint density at radius 2 is 1.73 bits per heavy atom. The lowest BCUT2D eigenvalue weighted by molar-refractivity contribution is 0.117. The van der Waals surface area contributed by atoms with Crippen molar-refractivity contribution in [3.8, 4) is 0 Å². The van der Waals surface area contributed by atoms with E-state index in [0.717, 1.165) is 11.3 Å². The van der Waals surface area contributed by atoms with Crippen molar-refractivity contribution >= 4 is 0 Å². The van der Waals surface area contributed by atoms with Gasteiger partial charge in [0.15, 0.2) is 0 Å². The fraction of sp³-hybridized carbons (Fsp3) is 1.00. The van der Waals surface area contributed by atoms with Gasteiger partial charge < -0.3 is 0 Å². The molecule has 0 N–H and O–H groups in total. The summed E-state index contributed by atoms with van der Waals surface area (Å²) in [6, 6.07) is 0. The lowest BCUT2D eigenvalue weighted by Crippen LogP contribution is -2.28. The predicted molar refractivity (Wildman–Crippen MR) is 48.5 cm³/mol. The first-order valence-corrected chi connectivity index (χ1v) is 4.99. The van der Waals surface area contributed by atoms with Crippen molar-refractivity contribution in [1.82, 2.24) is 0 Å². The molecule has 0 bridgehead atoms. The maximum Gasteiger partial charge on any atom is -0.0292 e. The summed E-state index contributed by atoms with van der Waals surface area (Å²) in [7, 11) is 0. The largest absolute Gasteiger partial charge is 0.0602 e. The van der Waals surface area contributed by atoms with Crippen LogP contribution in [0.2, 0.25) is 0 Å². The summed E-state index contributed by atoms with van der Waals surface area (Å²) in [6.45, 7) is 7.10. The first kappa shape index (κ1) is 7.64. The van der Waals surface area contributed by atoms with Crippen LogP contribution in [0.15, 0.2) is 0 Å². The van der Waals surface area contributed by atoms with Gasteiger partial charge in [0.2, 0.25) is 0 Å². The van der Waals surface area contributed by atoms with Crippen LogP contribution in [0.5, 0.6) is 0 Å². The molecule has 2 aliphatic rings. The molecule has 0 atom stereocenters. The van der Waals surface area contributed by atoms with Crippen LogP contribution in [0.4, 0.5) is 0 Å². The first-order valence-electron chi connectivity index (χ1n) is 4.99. The molecular formula is C11H20. The second-order valence-corrected chi connectivity index (χ2v) is 6.04. The van der Waals surface area contributed by atoms with Crippen LogP contribution in [-0.4, -0.2) is 0 Å². The Morgan fingerprint density at radius 3 is 2.09 bits per heavy atom. The van der Waals surface area contributed by atoms with Crippen LogP contribution in [0, 0.1) is 16.7 Å². The molecule has 2 fully saturated rings. The molecular weight excluding hydrogens is 132 g/mol. The molecule has 2 aliphatic carbocycles. The fourth-order valence-electron chi connectivity index (χ4n) is 2.76. The average molecular weight is 152 g/mol. The van der Waals surface area contributed by atoms with Crippen molar-refractivity contribution in [2.24, 2.45) is 16.7 Å². The summed E-state index contributed by atoms with van der Waals surface area (Å²) in [5.74, 6) is 1.08. The van der Waals surface area contributed by atoms with Gasteiger partial charge in [-0.05, 0) is 48.9 Å². The molecule has 0 aliphatic heterocycles. The van der Waals surface area contributed by atoms with Gasteiger partial charge in [0.25, 0.3) is 0 Å². The van der Waals surface area contributed by atoms with E-state index in [-0.39, 0.29) is 0 Å². The molecule has 0 heteroatoms. The molecule has 2 saturated carbocycles. The molecule has 0 heterocycles. The molecule has 0 amide bonds. The van der Waals surface area contributed by atoms with Crippen molar-refractivity contribution in [1.29, 1.82) is 0 Å². The highest BCUT2D eigenvalue weighted by Gasteiger charge is 2.52. The SMILES string of the molecule is CC(C)(C)CC1CC2(CC2)C1. The molecule has 0 unspecified atom stereocenters. The van der Waals surface area contributed by atoms with Crippen molar-refractivity contribution in [2.75, 3.05) is 0 Å². The smallest absolute Gasteiger partial charge is 0.0292 e. The van der Waals surface area contributed by atoms with Crippen molar-refractivity contribution in [3.63, 3.8) is 0 Å². The van der Waals surface area contributed by atoms with Crippen LogP contribution < -0.4 is 0 Å². The Balaban J connectivity index is 1.75. The van der Waals surface area contributed by atoms with Gasteiger partial charge in [-0.3, -0.25) is 0 Å². The lowest BCUT2D eigenvalue weighted by atomic mass is 9.66. The Kier molecular flexibility index (Phi) is 1.41. The molecule has 0 radical (unpaired) electrons. The maximum absolute atomic E-state index is 2.37. The van der Waals surface area contributed by atoms with E-state index in [1.54, 1.807) is 25.7 Å². The number of hydrogen-bond donors (Lipinski definition) is 0. The van der Waals surface area contributed by atoms with Crippen molar-refractivity contribution < 1.29 is 0 Å². The minimum absolute atomic E-state index is 0.571. The van der Waals surface area contributed by atoms with E-state index in [2.05, 4.69) is 20.8 Å². The lowest BCUT2D eigenvalue weighted by Gasteiger charge is -2.39. The zero-order chi connectivity index (χ0) is 8.11. The van der Waals surface area contributed by atoms with Gasteiger partial charge in [-0.15, -0.1) is 0 Å². The Hall–Kier alpha value is 0. The van der Waals surface area contributed by atoms with Crippen LogP contribution in [0.25, 0.3) is 0 Å². The second kappa shape index (κ2) is 2.02. The minimum Gasteiger partial charge on any atom is -0.0602 e. The third-order valence-corrected chi connectivity index (χ3v) is 3.30. The van der Waals surface area contributed by atoms with Gasteiger partial charge in [0.05, 0.1) is 0 Å². The third-order valence-electron chi connectivity index (χ3n) is 3.30. The number of hydrogen-bond acceptors (Lipinski definition) is 0. The van der Waals surface area contributed by atoms with Gasteiger partial charge in [-0.1, -0.05) is 20.8 Å². The fourth-order valence-corrected chi connectivity index (χ4v) is 2.76. The monoisotopic (exact) mass is 152 g/mol. The number of rotatable bonds is 1. The molecule has 0 aromatic heterocycles. The van der Waals surface area contributed by atoms with E-state index >= 15 is 0 Å². The van der Waals surface area contributed by atoms with Gasteiger partial charge in [-0.25, -0.2) is 0 Å². The van der Waals surface area contributed by atoms with Crippen LogP contribution in [0.1, 0.15) is 52.9 Å². The molecule has 0 aromatic rings. The van der Waals surface area contributed by atoms with Gasteiger partial charge in [-0.2, -0.15) is 0 Å². The predicted octanol–water partition coefficient (Wildman–Crippen LogP) is 3.61. The average Bonchev–Trinajstić information content (AvgIpc) is 2.38. The van der Waals surface area contributed by atoms with Gasteiger partial charge in [0, 0.05) is 0 Å². The van der Waals surface area contributed by atoms with E-state index in [4.69, 9.17) is 0 Å². The van der Waals surface area contributed by atoms with Crippen molar-refractivity contribution in [3.05, 3.63) is 0 Å². The molecule has 0 aromatic carbocycles. The molecule has 0 nitrogen and oxygen atoms in total. The summed E-state index contributed by atoms with van der Waals surface area (Å²) in [5, 5.41) is 0. The summed E-state index contributed by atoms with van der Waals surface area (Å²) in [6.07, 6.45) is 7.67. The van der Waals surface area contributed by atoms with E-state index in [0.29, 0.717) is 5.41 Å². The summed E-state index contributed by atoms with van der Waals surface area (Å²) in [4.78, 5) is 0. The van der Waals surface area contributed by atoms with Crippen molar-refractivity contribution in [2.45, 2.75) is 52.9 Å². The Morgan fingerprint density at radius 1 is 1.18 bits per heavy atom. The molecule has 64 valence electrons. The molecule has 0 saturated heterocycles. The molecule has 1 spiro atoms. The first-order chi connectivity index (χ1) is 4.99. The third kappa shape index (κ3) is 1.60.